The Bertz CT molecular complexity index is 1270. The fourth-order valence-electron chi connectivity index (χ4n) is 3.87. The van der Waals surface area contributed by atoms with Gasteiger partial charge in [-0.25, -0.2) is 13.4 Å². The monoisotopic (exact) mass is 489 g/mol. The van der Waals surface area contributed by atoms with Crippen molar-refractivity contribution in [3.05, 3.63) is 58.7 Å². The summed E-state index contributed by atoms with van der Waals surface area (Å²) in [6, 6.07) is 8.68. The lowest BCUT2D eigenvalue weighted by molar-refractivity contribution is 0.0730. The molecule has 0 unspecified atom stereocenters. The standard InChI is InChI=1S/C23H27N3O5S2/c1-15-12-21(22(27)14-32-23-24-16(2)18(4)31-23)17(3)26(15)19-6-5-7-20(13-19)33(28,29)25-8-10-30-11-9-25/h5-7,12-13H,8-11,14H2,1-4H3. The first kappa shape index (κ1) is 23.7. The van der Waals surface area contributed by atoms with Gasteiger partial charge in [-0.2, -0.15) is 4.31 Å². The molecule has 1 aliphatic heterocycles. The number of nitrogens with zero attached hydrogens (tertiary/aromatic N) is 3. The fraction of sp³-hybridized carbons (Fsp3) is 0.391. The molecule has 0 aliphatic carbocycles. The Morgan fingerprint density at radius 1 is 1.12 bits per heavy atom. The van der Waals surface area contributed by atoms with Gasteiger partial charge in [0.05, 0.1) is 29.6 Å². The van der Waals surface area contributed by atoms with E-state index in [4.69, 9.17) is 9.15 Å². The van der Waals surface area contributed by atoms with E-state index in [9.17, 15) is 13.2 Å². The number of hydrogen-bond donors (Lipinski definition) is 0. The molecule has 2 aromatic heterocycles. The normalized spacial score (nSPS) is 15.2. The average molecular weight is 490 g/mol. The van der Waals surface area contributed by atoms with Crippen LogP contribution in [0, 0.1) is 27.7 Å². The Labute approximate surface area is 198 Å². The molecule has 33 heavy (non-hydrogen) atoms. The molecule has 0 radical (unpaired) electrons. The first-order valence-electron chi connectivity index (χ1n) is 10.7. The lowest BCUT2D eigenvalue weighted by atomic mass is 10.2. The van der Waals surface area contributed by atoms with Crippen molar-refractivity contribution in [2.45, 2.75) is 37.8 Å². The van der Waals surface area contributed by atoms with Gasteiger partial charge in [0.25, 0.3) is 5.22 Å². The Morgan fingerprint density at radius 2 is 1.85 bits per heavy atom. The number of Topliss-reactive ketones (excluding diaryl/α,β-unsaturated/α-hetero) is 1. The van der Waals surface area contributed by atoms with Gasteiger partial charge in [0, 0.05) is 35.7 Å². The van der Waals surface area contributed by atoms with Crippen LogP contribution in [0.4, 0.5) is 0 Å². The van der Waals surface area contributed by atoms with Crippen LogP contribution in [0.3, 0.4) is 0 Å². The number of rotatable bonds is 7. The van der Waals surface area contributed by atoms with Crippen molar-refractivity contribution in [3.63, 3.8) is 0 Å². The molecule has 8 nitrogen and oxygen atoms in total. The topological polar surface area (TPSA) is 94.6 Å². The number of morpholine rings is 1. The third-order valence-electron chi connectivity index (χ3n) is 5.75. The van der Waals surface area contributed by atoms with Crippen LogP contribution in [-0.2, 0) is 14.8 Å². The van der Waals surface area contributed by atoms with Crippen LogP contribution >= 0.6 is 11.8 Å². The van der Waals surface area contributed by atoms with E-state index in [0.29, 0.717) is 42.8 Å². The smallest absolute Gasteiger partial charge is 0.256 e. The van der Waals surface area contributed by atoms with E-state index in [1.54, 1.807) is 18.2 Å². The summed E-state index contributed by atoms with van der Waals surface area (Å²) >= 11 is 1.27. The predicted octanol–water partition coefficient (Wildman–Crippen LogP) is 3.69. The largest absolute Gasteiger partial charge is 0.437 e. The average Bonchev–Trinajstić information content (AvgIpc) is 3.29. The first-order valence-corrected chi connectivity index (χ1v) is 13.1. The number of oxazole rings is 1. The number of carbonyl (C=O) groups is 1. The van der Waals surface area contributed by atoms with Crippen molar-refractivity contribution in [2.24, 2.45) is 0 Å². The molecule has 0 atom stereocenters. The number of benzene rings is 1. The lowest BCUT2D eigenvalue weighted by Gasteiger charge is -2.26. The summed E-state index contributed by atoms with van der Waals surface area (Å²) < 4.78 is 40.4. The van der Waals surface area contributed by atoms with Crippen LogP contribution in [0.5, 0.6) is 0 Å². The summed E-state index contributed by atoms with van der Waals surface area (Å²) in [5.41, 5.74) is 3.73. The Hall–Kier alpha value is -2.40. The van der Waals surface area contributed by atoms with Crippen LogP contribution in [0.25, 0.3) is 5.69 Å². The third kappa shape index (κ3) is 4.79. The molecule has 3 aromatic rings. The highest BCUT2D eigenvalue weighted by atomic mass is 32.2. The molecular weight excluding hydrogens is 462 g/mol. The number of hydrogen-bond acceptors (Lipinski definition) is 7. The third-order valence-corrected chi connectivity index (χ3v) is 8.47. The number of ether oxygens (including phenoxy) is 1. The van der Waals surface area contributed by atoms with Gasteiger partial charge in [-0.3, -0.25) is 4.79 Å². The van der Waals surface area contributed by atoms with Gasteiger partial charge >= 0.3 is 0 Å². The number of ketones is 1. The van der Waals surface area contributed by atoms with E-state index >= 15 is 0 Å². The minimum atomic E-state index is -3.62. The van der Waals surface area contributed by atoms with Crippen LogP contribution in [0.1, 0.15) is 33.2 Å². The second kappa shape index (κ2) is 9.46. The number of aromatic nitrogens is 2. The molecule has 3 heterocycles. The summed E-state index contributed by atoms with van der Waals surface area (Å²) in [4.78, 5) is 17.5. The molecule has 0 N–H and O–H groups in total. The van der Waals surface area contributed by atoms with Crippen molar-refractivity contribution in [3.8, 4) is 5.69 Å². The van der Waals surface area contributed by atoms with Crippen molar-refractivity contribution in [1.82, 2.24) is 13.9 Å². The summed E-state index contributed by atoms with van der Waals surface area (Å²) in [5, 5.41) is 0.480. The summed E-state index contributed by atoms with van der Waals surface area (Å²) in [5.74, 6) is 0.912. The SMILES string of the molecule is Cc1nc(SCC(=O)c2cc(C)n(-c3cccc(S(=O)(=O)N4CCOCC4)c3)c2C)oc1C. The number of carbonyl (C=O) groups excluding carboxylic acids is 1. The molecule has 10 heteroatoms. The maximum atomic E-state index is 13.1. The molecule has 0 amide bonds. The highest BCUT2D eigenvalue weighted by molar-refractivity contribution is 7.99. The molecule has 0 spiro atoms. The summed E-state index contributed by atoms with van der Waals surface area (Å²) in [7, 11) is -3.62. The first-order chi connectivity index (χ1) is 15.7. The molecular formula is C23H27N3O5S2. The van der Waals surface area contributed by atoms with Gasteiger partial charge in [-0.15, -0.1) is 0 Å². The van der Waals surface area contributed by atoms with Crippen molar-refractivity contribution < 1.29 is 22.4 Å². The minimum Gasteiger partial charge on any atom is -0.437 e. The van der Waals surface area contributed by atoms with E-state index in [1.807, 2.05) is 44.4 Å². The molecule has 4 rings (SSSR count). The van der Waals surface area contributed by atoms with E-state index in [-0.39, 0.29) is 16.4 Å². The minimum absolute atomic E-state index is 0.0371. The number of sulfonamides is 1. The quantitative estimate of drug-likeness (QED) is 0.369. The number of thioether (sulfide) groups is 1. The molecule has 1 aliphatic rings. The van der Waals surface area contributed by atoms with Gasteiger partial charge in [0.15, 0.2) is 5.78 Å². The fourth-order valence-corrected chi connectivity index (χ4v) is 6.12. The van der Waals surface area contributed by atoms with Crippen LogP contribution < -0.4 is 0 Å². The molecule has 1 aromatic carbocycles. The molecule has 1 fully saturated rings. The van der Waals surface area contributed by atoms with Crippen LogP contribution in [-0.4, -0.2) is 60.1 Å². The summed E-state index contributed by atoms with van der Waals surface area (Å²) in [6.07, 6.45) is 0. The van der Waals surface area contributed by atoms with E-state index < -0.39 is 10.0 Å². The maximum Gasteiger partial charge on any atom is 0.256 e. The van der Waals surface area contributed by atoms with Gasteiger partial charge in [-0.1, -0.05) is 17.8 Å². The maximum absolute atomic E-state index is 13.1. The zero-order valence-corrected chi connectivity index (χ0v) is 20.8. The zero-order valence-electron chi connectivity index (χ0n) is 19.1. The summed E-state index contributed by atoms with van der Waals surface area (Å²) in [6.45, 7) is 8.95. The Kier molecular flexibility index (Phi) is 6.81. The second-order valence-corrected chi connectivity index (χ2v) is 10.8. The number of aryl methyl sites for hydroxylation is 3. The van der Waals surface area contributed by atoms with Gasteiger partial charge in [-0.05, 0) is 52.0 Å². The molecule has 0 saturated carbocycles. The van der Waals surface area contributed by atoms with E-state index in [2.05, 4.69) is 4.98 Å². The van der Waals surface area contributed by atoms with Gasteiger partial charge in [0.1, 0.15) is 5.76 Å². The van der Waals surface area contributed by atoms with E-state index in [0.717, 1.165) is 22.8 Å². The van der Waals surface area contributed by atoms with Crippen molar-refractivity contribution in [1.29, 1.82) is 0 Å². The van der Waals surface area contributed by atoms with Crippen LogP contribution in [0.2, 0.25) is 0 Å². The Balaban J connectivity index is 1.59. The van der Waals surface area contributed by atoms with E-state index in [1.165, 1.54) is 16.1 Å². The molecule has 176 valence electrons. The van der Waals surface area contributed by atoms with Crippen molar-refractivity contribution >= 4 is 27.6 Å². The van der Waals surface area contributed by atoms with Crippen molar-refractivity contribution in [2.75, 3.05) is 32.1 Å². The highest BCUT2D eigenvalue weighted by Gasteiger charge is 2.27. The molecule has 0 bridgehead atoms. The predicted molar refractivity (Wildman–Crippen MR) is 126 cm³/mol. The van der Waals surface area contributed by atoms with Gasteiger partial charge < -0.3 is 13.7 Å². The zero-order chi connectivity index (χ0) is 23.8. The molecule has 1 saturated heterocycles. The van der Waals surface area contributed by atoms with Crippen LogP contribution in [0.15, 0.2) is 44.9 Å². The second-order valence-electron chi connectivity index (χ2n) is 7.97. The highest BCUT2D eigenvalue weighted by Crippen LogP contribution is 2.27. The lowest BCUT2D eigenvalue weighted by Crippen LogP contribution is -2.40. The Morgan fingerprint density at radius 3 is 2.52 bits per heavy atom. The van der Waals surface area contributed by atoms with Gasteiger partial charge in [0.2, 0.25) is 10.0 Å².